The Labute approximate surface area is 91.1 Å². The second kappa shape index (κ2) is 5.00. The van der Waals surface area contributed by atoms with Gasteiger partial charge in [-0.2, -0.15) is 0 Å². The third kappa shape index (κ3) is 2.48. The van der Waals surface area contributed by atoms with Gasteiger partial charge in [0.05, 0.1) is 13.7 Å². The molecule has 0 spiro atoms. The summed E-state index contributed by atoms with van der Waals surface area (Å²) in [5.41, 5.74) is 0.442. The Kier molecular flexibility index (Phi) is 3.95. The Morgan fingerprint density at radius 2 is 2.21 bits per heavy atom. The van der Waals surface area contributed by atoms with Crippen LogP contribution in [0.1, 0.15) is 17.3 Å². The van der Waals surface area contributed by atoms with Crippen LogP contribution < -0.4 is 4.74 Å². The number of methoxy groups -OCH3 is 1. The summed E-state index contributed by atoms with van der Waals surface area (Å²) in [6.45, 7) is 2.38. The van der Waals surface area contributed by atoms with Crippen LogP contribution in [0.5, 0.6) is 5.75 Å². The monoisotopic (exact) mass is 258 g/mol. The van der Waals surface area contributed by atoms with Crippen molar-refractivity contribution in [2.45, 2.75) is 6.92 Å². The number of hydrogen-bond acceptors (Lipinski definition) is 3. The first-order valence-electron chi connectivity index (χ1n) is 4.19. The van der Waals surface area contributed by atoms with Crippen molar-refractivity contribution in [2.75, 3.05) is 13.7 Å². The molecular weight excluding hydrogens is 248 g/mol. The molecule has 3 nitrogen and oxygen atoms in total. The summed E-state index contributed by atoms with van der Waals surface area (Å²) in [6.07, 6.45) is 0. The number of carbonyl (C=O) groups is 1. The predicted octanol–water partition coefficient (Wildman–Crippen LogP) is 2.63. The molecule has 0 saturated heterocycles. The Balaban J connectivity index is 3.07. The van der Waals surface area contributed by atoms with Gasteiger partial charge in [0.15, 0.2) is 0 Å². The molecule has 0 aliphatic heterocycles. The van der Waals surface area contributed by atoms with Crippen LogP contribution in [0.3, 0.4) is 0 Å². The first-order chi connectivity index (χ1) is 6.69. The molecule has 0 atom stereocenters. The minimum atomic E-state index is -0.388. The Bertz CT molecular complexity index is 336. The second-order valence-corrected chi connectivity index (χ2v) is 3.48. The first kappa shape index (κ1) is 11.0. The van der Waals surface area contributed by atoms with Gasteiger partial charge in [-0.25, -0.2) is 4.79 Å². The summed E-state index contributed by atoms with van der Waals surface area (Å²) < 4.78 is 10.8. The van der Waals surface area contributed by atoms with E-state index in [1.54, 1.807) is 18.2 Å². The van der Waals surface area contributed by atoms with Gasteiger partial charge in [-0.15, -0.1) is 0 Å². The number of hydrogen-bond donors (Lipinski definition) is 0. The van der Waals surface area contributed by atoms with Gasteiger partial charge in [-0.3, -0.25) is 0 Å². The zero-order chi connectivity index (χ0) is 10.6. The van der Waals surface area contributed by atoms with Gasteiger partial charge >= 0.3 is 5.97 Å². The van der Waals surface area contributed by atoms with Gasteiger partial charge in [0.1, 0.15) is 11.3 Å². The van der Waals surface area contributed by atoms with E-state index in [0.29, 0.717) is 17.9 Å². The van der Waals surface area contributed by atoms with E-state index in [0.717, 1.165) is 4.47 Å². The van der Waals surface area contributed by atoms with Crippen molar-refractivity contribution in [3.8, 4) is 5.75 Å². The van der Waals surface area contributed by atoms with Gasteiger partial charge < -0.3 is 9.47 Å². The highest BCUT2D eigenvalue weighted by atomic mass is 79.9. The van der Waals surface area contributed by atoms with Gasteiger partial charge in [-0.05, 0) is 25.1 Å². The van der Waals surface area contributed by atoms with Crippen LogP contribution in [-0.4, -0.2) is 19.7 Å². The van der Waals surface area contributed by atoms with E-state index >= 15 is 0 Å². The van der Waals surface area contributed by atoms with Crippen molar-refractivity contribution in [2.24, 2.45) is 0 Å². The van der Waals surface area contributed by atoms with E-state index in [2.05, 4.69) is 20.7 Å². The Morgan fingerprint density at radius 1 is 1.50 bits per heavy atom. The molecule has 0 aromatic heterocycles. The minimum Gasteiger partial charge on any atom is -0.493 e. The number of ether oxygens (including phenoxy) is 2. The third-order valence-corrected chi connectivity index (χ3v) is 2.14. The average molecular weight is 259 g/mol. The smallest absolute Gasteiger partial charge is 0.341 e. The maximum atomic E-state index is 11.3. The maximum absolute atomic E-state index is 11.3. The van der Waals surface area contributed by atoms with Crippen LogP contribution in [0, 0.1) is 0 Å². The van der Waals surface area contributed by atoms with E-state index in [9.17, 15) is 4.79 Å². The van der Waals surface area contributed by atoms with Crippen molar-refractivity contribution in [3.05, 3.63) is 28.2 Å². The van der Waals surface area contributed by atoms with Crippen molar-refractivity contribution in [1.29, 1.82) is 0 Å². The van der Waals surface area contributed by atoms with E-state index in [-0.39, 0.29) is 5.97 Å². The Hall–Kier alpha value is -1.03. The molecule has 0 N–H and O–H groups in total. The van der Waals surface area contributed by atoms with Crippen LogP contribution >= 0.6 is 15.9 Å². The Morgan fingerprint density at radius 3 is 2.79 bits per heavy atom. The molecule has 0 aliphatic carbocycles. The maximum Gasteiger partial charge on any atom is 0.341 e. The fourth-order valence-corrected chi connectivity index (χ4v) is 1.39. The standard InChI is InChI=1S/C10H11BrO3/c1-3-14-9-6-7(11)4-5-8(9)10(12)13-2/h4-6H,3H2,1-2H3. The molecule has 0 amide bonds. The summed E-state index contributed by atoms with van der Waals surface area (Å²) in [4.78, 5) is 11.3. The van der Waals surface area contributed by atoms with E-state index in [1.165, 1.54) is 7.11 Å². The average Bonchev–Trinajstić information content (AvgIpc) is 2.17. The van der Waals surface area contributed by atoms with Crippen molar-refractivity contribution in [3.63, 3.8) is 0 Å². The number of esters is 1. The lowest BCUT2D eigenvalue weighted by atomic mass is 10.2. The SMILES string of the molecule is CCOc1cc(Br)ccc1C(=O)OC. The second-order valence-electron chi connectivity index (χ2n) is 2.57. The van der Waals surface area contributed by atoms with E-state index in [1.807, 2.05) is 6.92 Å². The van der Waals surface area contributed by atoms with Gasteiger partial charge in [0.25, 0.3) is 0 Å². The van der Waals surface area contributed by atoms with E-state index < -0.39 is 0 Å². The molecule has 0 saturated carbocycles. The van der Waals surface area contributed by atoms with Gasteiger partial charge in [0.2, 0.25) is 0 Å². The number of carbonyl (C=O) groups excluding carboxylic acids is 1. The lowest BCUT2D eigenvalue weighted by molar-refractivity contribution is 0.0596. The lowest BCUT2D eigenvalue weighted by Gasteiger charge is -2.08. The molecule has 4 heteroatoms. The molecule has 1 rings (SSSR count). The van der Waals surface area contributed by atoms with Crippen LogP contribution in [0.4, 0.5) is 0 Å². The summed E-state index contributed by atoms with van der Waals surface area (Å²) in [5, 5.41) is 0. The molecule has 1 aromatic rings. The molecule has 1 aromatic carbocycles. The van der Waals surface area contributed by atoms with Crippen molar-refractivity contribution in [1.82, 2.24) is 0 Å². The summed E-state index contributed by atoms with van der Waals surface area (Å²) >= 11 is 3.31. The quantitative estimate of drug-likeness (QED) is 0.783. The molecule has 0 aliphatic rings. The van der Waals surface area contributed by atoms with Gasteiger partial charge in [0, 0.05) is 4.47 Å². The van der Waals surface area contributed by atoms with Crippen molar-refractivity contribution >= 4 is 21.9 Å². The number of benzene rings is 1. The van der Waals surface area contributed by atoms with Crippen molar-refractivity contribution < 1.29 is 14.3 Å². The summed E-state index contributed by atoms with van der Waals surface area (Å²) in [7, 11) is 1.35. The molecule has 0 heterocycles. The summed E-state index contributed by atoms with van der Waals surface area (Å²) in [5.74, 6) is 0.148. The van der Waals surface area contributed by atoms with Gasteiger partial charge in [-0.1, -0.05) is 15.9 Å². The molecular formula is C10H11BrO3. The lowest BCUT2D eigenvalue weighted by Crippen LogP contribution is -2.05. The molecule has 0 unspecified atom stereocenters. The van der Waals surface area contributed by atoms with Crippen LogP contribution in [0.25, 0.3) is 0 Å². The molecule has 0 radical (unpaired) electrons. The molecule has 0 bridgehead atoms. The normalized spacial score (nSPS) is 9.64. The fraction of sp³-hybridized carbons (Fsp3) is 0.300. The highest BCUT2D eigenvalue weighted by Crippen LogP contribution is 2.24. The topological polar surface area (TPSA) is 35.5 Å². The summed E-state index contributed by atoms with van der Waals surface area (Å²) in [6, 6.07) is 5.19. The zero-order valence-corrected chi connectivity index (χ0v) is 9.63. The predicted molar refractivity (Wildman–Crippen MR) is 56.7 cm³/mol. The van der Waals surface area contributed by atoms with Crippen LogP contribution in [0.15, 0.2) is 22.7 Å². The highest BCUT2D eigenvalue weighted by Gasteiger charge is 2.12. The fourth-order valence-electron chi connectivity index (χ4n) is 1.05. The van der Waals surface area contributed by atoms with Crippen LogP contribution in [-0.2, 0) is 4.74 Å². The minimum absolute atomic E-state index is 0.388. The number of halogens is 1. The largest absolute Gasteiger partial charge is 0.493 e. The van der Waals surface area contributed by atoms with Crippen LogP contribution in [0.2, 0.25) is 0 Å². The van der Waals surface area contributed by atoms with E-state index in [4.69, 9.17) is 4.74 Å². The first-order valence-corrected chi connectivity index (χ1v) is 4.99. The molecule has 14 heavy (non-hydrogen) atoms. The molecule has 76 valence electrons. The zero-order valence-electron chi connectivity index (χ0n) is 8.04. The molecule has 0 fully saturated rings. The third-order valence-electron chi connectivity index (χ3n) is 1.65. The number of rotatable bonds is 3. The highest BCUT2D eigenvalue weighted by molar-refractivity contribution is 9.10.